The van der Waals surface area contributed by atoms with Crippen molar-refractivity contribution in [3.05, 3.63) is 12.7 Å². The number of rotatable bonds is 7. The summed E-state index contributed by atoms with van der Waals surface area (Å²) in [6.45, 7) is 0. The van der Waals surface area contributed by atoms with Crippen LogP contribution < -0.4 is 11.5 Å². The van der Waals surface area contributed by atoms with Crippen LogP contribution in [0.15, 0.2) is 12.7 Å². The van der Waals surface area contributed by atoms with Crippen molar-refractivity contribution in [1.29, 1.82) is 0 Å². The summed E-state index contributed by atoms with van der Waals surface area (Å²) < 4.78 is 12.1. The van der Waals surface area contributed by atoms with Crippen LogP contribution in [0.5, 0.6) is 0 Å². The summed E-state index contributed by atoms with van der Waals surface area (Å²) in [5.74, 6) is 0.983. The summed E-state index contributed by atoms with van der Waals surface area (Å²) >= 11 is 0. The van der Waals surface area contributed by atoms with Crippen molar-refractivity contribution < 1.29 is 24.5 Å². The van der Waals surface area contributed by atoms with Gasteiger partial charge < -0.3 is 31.2 Å². The van der Waals surface area contributed by atoms with Gasteiger partial charge in [0.2, 0.25) is 0 Å². The Morgan fingerprint density at radius 3 is 2.86 bits per heavy atom. The van der Waals surface area contributed by atoms with E-state index in [1.807, 2.05) is 6.26 Å². The molecule has 1 saturated heterocycles. The number of nitrogen functional groups attached to an aromatic ring is 1. The zero-order valence-corrected chi connectivity index (χ0v) is 16.5. The number of carbonyl (C=O) groups excluding carboxylic acids is 1. The van der Waals surface area contributed by atoms with E-state index >= 15 is 0 Å². The normalized spacial score (nSPS) is 27.0. The van der Waals surface area contributed by atoms with Crippen LogP contribution in [0.1, 0.15) is 12.6 Å². The third-order valence-corrected chi connectivity index (χ3v) is 6.56. The fourth-order valence-electron chi connectivity index (χ4n) is 3.11. The summed E-state index contributed by atoms with van der Waals surface area (Å²) in [6, 6.07) is -0.671. The molecule has 2 unspecified atom stereocenters. The van der Waals surface area contributed by atoms with E-state index in [0.717, 1.165) is 0 Å². The molecular formula is C16H25N6O5S+. The highest BCUT2D eigenvalue weighted by molar-refractivity contribution is 7.96. The number of aliphatic hydroxyl groups excluding tert-OH is 2. The number of carbonyl (C=O) groups is 1. The Hall–Kier alpha value is -1.99. The van der Waals surface area contributed by atoms with E-state index < -0.39 is 36.6 Å². The van der Waals surface area contributed by atoms with E-state index in [0.29, 0.717) is 29.1 Å². The van der Waals surface area contributed by atoms with Crippen LogP contribution in [0, 0.1) is 0 Å². The number of aliphatic hydroxyl groups is 2. The first kappa shape index (κ1) is 20.7. The molecule has 11 nitrogen and oxygen atoms in total. The average molecular weight is 413 g/mol. The molecule has 0 bridgehead atoms. The van der Waals surface area contributed by atoms with Crippen LogP contribution in [-0.4, -0.2) is 84.9 Å². The molecule has 0 radical (unpaired) electrons. The summed E-state index contributed by atoms with van der Waals surface area (Å²) in [6.07, 6.45) is 1.62. The van der Waals surface area contributed by atoms with E-state index in [2.05, 4.69) is 19.7 Å². The third kappa shape index (κ3) is 4.05. The fourth-order valence-corrected chi connectivity index (χ4v) is 4.77. The molecule has 0 aliphatic carbocycles. The summed E-state index contributed by atoms with van der Waals surface area (Å²) in [4.78, 5) is 23.6. The number of anilines is 1. The smallest absolute Gasteiger partial charge is 0.322 e. The lowest BCUT2D eigenvalue weighted by molar-refractivity contribution is -0.142. The highest BCUT2D eigenvalue weighted by Gasteiger charge is 2.46. The maximum Gasteiger partial charge on any atom is 0.322 e. The lowest BCUT2D eigenvalue weighted by Crippen LogP contribution is -2.37. The SMILES string of the molecule is COC(=O)C(N)CC[S+](C)C[C@H]1O[C@@H](n2cnc3c(N)ncnc32)[C@H](O)[C@@H]1O. The Morgan fingerprint density at radius 1 is 1.39 bits per heavy atom. The summed E-state index contributed by atoms with van der Waals surface area (Å²) in [5, 5.41) is 20.9. The van der Waals surface area contributed by atoms with Crippen LogP contribution in [0.4, 0.5) is 5.82 Å². The van der Waals surface area contributed by atoms with E-state index in [4.69, 9.17) is 16.2 Å². The number of esters is 1. The number of aromatic nitrogens is 4. The first-order chi connectivity index (χ1) is 13.3. The Kier molecular flexibility index (Phi) is 6.35. The molecule has 28 heavy (non-hydrogen) atoms. The van der Waals surface area contributed by atoms with Crippen molar-refractivity contribution in [3.63, 3.8) is 0 Å². The second-order valence-corrected chi connectivity index (χ2v) is 9.00. The molecule has 12 heteroatoms. The largest absolute Gasteiger partial charge is 0.468 e. The number of imidazole rings is 1. The van der Waals surface area contributed by atoms with Gasteiger partial charge >= 0.3 is 5.97 Å². The molecule has 2 aromatic rings. The van der Waals surface area contributed by atoms with Gasteiger partial charge in [0.1, 0.15) is 47.7 Å². The van der Waals surface area contributed by atoms with Crippen molar-refractivity contribution in [2.45, 2.75) is 37.0 Å². The van der Waals surface area contributed by atoms with Gasteiger partial charge in [-0.15, -0.1) is 0 Å². The number of nitrogens with two attached hydrogens (primary N) is 2. The van der Waals surface area contributed by atoms with Crippen LogP contribution in [-0.2, 0) is 25.2 Å². The zero-order chi connectivity index (χ0) is 20.4. The van der Waals surface area contributed by atoms with Crippen molar-refractivity contribution in [3.8, 4) is 0 Å². The maximum absolute atomic E-state index is 11.4. The van der Waals surface area contributed by atoms with Gasteiger partial charge in [0.15, 0.2) is 17.7 Å². The molecule has 0 aromatic carbocycles. The molecule has 6 atom stereocenters. The molecule has 3 heterocycles. The van der Waals surface area contributed by atoms with Gasteiger partial charge in [0, 0.05) is 6.42 Å². The number of nitrogens with zero attached hydrogens (tertiary/aromatic N) is 4. The Labute approximate surface area is 164 Å². The molecule has 154 valence electrons. The minimum Gasteiger partial charge on any atom is -0.468 e. The van der Waals surface area contributed by atoms with E-state index in [9.17, 15) is 15.0 Å². The predicted octanol–water partition coefficient (Wildman–Crippen LogP) is -1.83. The maximum atomic E-state index is 11.4. The van der Waals surface area contributed by atoms with Crippen molar-refractivity contribution >= 4 is 33.8 Å². The van der Waals surface area contributed by atoms with Gasteiger partial charge in [-0.05, 0) is 10.9 Å². The first-order valence-electron chi connectivity index (χ1n) is 8.70. The molecule has 3 rings (SSSR count). The van der Waals surface area contributed by atoms with E-state index in [-0.39, 0.29) is 16.7 Å². The van der Waals surface area contributed by atoms with E-state index in [1.165, 1.54) is 19.8 Å². The first-order valence-corrected chi connectivity index (χ1v) is 10.7. The summed E-state index contributed by atoms with van der Waals surface area (Å²) in [5.41, 5.74) is 12.4. The molecule has 0 amide bonds. The zero-order valence-electron chi connectivity index (χ0n) is 15.6. The molecular weight excluding hydrogens is 388 g/mol. The van der Waals surface area contributed by atoms with Crippen LogP contribution in [0.2, 0.25) is 0 Å². The molecule has 0 spiro atoms. The molecule has 1 aliphatic rings. The molecule has 1 aliphatic heterocycles. The van der Waals surface area contributed by atoms with Gasteiger partial charge in [-0.25, -0.2) is 15.0 Å². The second-order valence-electron chi connectivity index (χ2n) is 6.70. The number of hydrogen-bond acceptors (Lipinski definition) is 10. The van der Waals surface area contributed by atoms with Gasteiger partial charge in [-0.2, -0.15) is 0 Å². The molecule has 2 aromatic heterocycles. The Morgan fingerprint density at radius 2 is 2.14 bits per heavy atom. The third-order valence-electron chi connectivity index (χ3n) is 4.73. The lowest BCUT2D eigenvalue weighted by atomic mass is 10.1. The van der Waals surface area contributed by atoms with Gasteiger partial charge in [0.25, 0.3) is 0 Å². The standard InChI is InChI=1S/C16H25N6O5S/c1-26-16(25)8(17)3-4-28(2)5-9-11(23)12(24)15(27-9)22-7-21-10-13(18)19-6-20-14(10)22/h6-9,11-12,15,23-24H,3-5,17H2,1-2H3,(H2,18,19,20)/q+1/t8?,9-,11-,12-,15-,28?/m1/s1. The molecule has 6 N–H and O–H groups in total. The number of hydrogen-bond donors (Lipinski definition) is 4. The topological polar surface area (TPSA) is 172 Å². The van der Waals surface area contributed by atoms with Crippen LogP contribution in [0.25, 0.3) is 11.2 Å². The second kappa shape index (κ2) is 8.57. The highest BCUT2D eigenvalue weighted by atomic mass is 32.2. The minimum atomic E-state index is -1.15. The molecule has 0 saturated carbocycles. The Bertz CT molecular complexity index is 835. The highest BCUT2D eigenvalue weighted by Crippen LogP contribution is 2.32. The Balaban J connectivity index is 1.65. The quantitative estimate of drug-likeness (QED) is 0.299. The monoisotopic (exact) mass is 413 g/mol. The van der Waals surface area contributed by atoms with Gasteiger partial charge in [-0.3, -0.25) is 9.36 Å². The minimum absolute atomic E-state index is 0.182. The molecule has 1 fully saturated rings. The number of methoxy groups -OCH3 is 1. The van der Waals surface area contributed by atoms with Crippen molar-refractivity contribution in [2.24, 2.45) is 5.73 Å². The predicted molar refractivity (Wildman–Crippen MR) is 103 cm³/mol. The van der Waals surface area contributed by atoms with E-state index in [1.54, 1.807) is 4.57 Å². The van der Waals surface area contributed by atoms with Gasteiger partial charge in [0.05, 0.1) is 19.7 Å². The number of ether oxygens (including phenoxy) is 2. The van der Waals surface area contributed by atoms with Crippen molar-refractivity contribution in [2.75, 3.05) is 30.6 Å². The van der Waals surface area contributed by atoms with Crippen molar-refractivity contribution in [1.82, 2.24) is 19.5 Å². The van der Waals surface area contributed by atoms with Gasteiger partial charge in [-0.1, -0.05) is 0 Å². The number of fused-ring (bicyclic) bond motifs is 1. The average Bonchev–Trinajstić information content (AvgIpc) is 3.23. The summed E-state index contributed by atoms with van der Waals surface area (Å²) in [7, 11) is 1.12. The van der Waals surface area contributed by atoms with Crippen LogP contribution >= 0.6 is 0 Å². The van der Waals surface area contributed by atoms with Crippen LogP contribution in [0.3, 0.4) is 0 Å². The fraction of sp³-hybridized carbons (Fsp3) is 0.625. The lowest BCUT2D eigenvalue weighted by Gasteiger charge is -2.16.